The monoisotopic (exact) mass is 409 g/mol. The highest BCUT2D eigenvalue weighted by molar-refractivity contribution is 5.96. The molecule has 2 heterocycles. The number of rotatable bonds is 6. The molecule has 1 fully saturated rings. The Bertz CT molecular complexity index is 883. The Balaban J connectivity index is 1.81. The van der Waals surface area contributed by atoms with E-state index in [1.165, 1.54) is 0 Å². The molecule has 6 nitrogen and oxygen atoms in total. The number of likely N-dealkylation sites (tertiary alicyclic amines) is 1. The number of carbonyl (C=O) groups excluding carboxylic acids is 2. The summed E-state index contributed by atoms with van der Waals surface area (Å²) in [5.41, 5.74) is 2.50. The highest BCUT2D eigenvalue weighted by Gasteiger charge is 2.32. The maximum absolute atomic E-state index is 13.3. The molecule has 0 N–H and O–H groups in total. The predicted molar refractivity (Wildman–Crippen MR) is 116 cm³/mol. The summed E-state index contributed by atoms with van der Waals surface area (Å²) < 4.78 is 5.38. The van der Waals surface area contributed by atoms with Crippen molar-refractivity contribution in [1.82, 2.24) is 14.8 Å². The van der Waals surface area contributed by atoms with Crippen molar-refractivity contribution in [2.24, 2.45) is 5.92 Å². The van der Waals surface area contributed by atoms with E-state index in [0.29, 0.717) is 30.9 Å². The molecule has 30 heavy (non-hydrogen) atoms. The van der Waals surface area contributed by atoms with Crippen molar-refractivity contribution in [3.63, 3.8) is 0 Å². The van der Waals surface area contributed by atoms with E-state index in [4.69, 9.17) is 4.74 Å². The van der Waals surface area contributed by atoms with Crippen LogP contribution in [0.3, 0.4) is 0 Å². The van der Waals surface area contributed by atoms with Crippen LogP contribution in [0, 0.1) is 12.8 Å². The Morgan fingerprint density at radius 2 is 2.07 bits per heavy atom. The summed E-state index contributed by atoms with van der Waals surface area (Å²) in [6, 6.07) is 9.41. The van der Waals surface area contributed by atoms with Crippen LogP contribution in [0.25, 0.3) is 0 Å². The van der Waals surface area contributed by atoms with Crippen LogP contribution in [0.5, 0.6) is 5.75 Å². The Labute approximate surface area is 178 Å². The maximum Gasteiger partial charge on any atom is 0.254 e. The third kappa shape index (κ3) is 4.81. The summed E-state index contributed by atoms with van der Waals surface area (Å²) in [7, 11) is 1.61. The van der Waals surface area contributed by atoms with Gasteiger partial charge in [0, 0.05) is 55.1 Å². The Hall–Kier alpha value is -2.89. The van der Waals surface area contributed by atoms with Crippen molar-refractivity contribution in [3.8, 4) is 5.75 Å². The number of piperidine rings is 1. The lowest BCUT2D eigenvalue weighted by molar-refractivity contribution is -0.138. The van der Waals surface area contributed by atoms with Gasteiger partial charge in [-0.1, -0.05) is 26.0 Å². The van der Waals surface area contributed by atoms with E-state index >= 15 is 0 Å². The van der Waals surface area contributed by atoms with Crippen LogP contribution in [-0.4, -0.2) is 52.8 Å². The Kier molecular flexibility index (Phi) is 7.08. The number of hydrogen-bond donors (Lipinski definition) is 0. The third-order valence-electron chi connectivity index (χ3n) is 5.71. The lowest BCUT2D eigenvalue weighted by Gasteiger charge is -2.40. The summed E-state index contributed by atoms with van der Waals surface area (Å²) >= 11 is 0. The number of pyridine rings is 1. The van der Waals surface area contributed by atoms with Crippen LogP contribution < -0.4 is 4.74 Å². The van der Waals surface area contributed by atoms with Crippen molar-refractivity contribution in [2.45, 2.75) is 46.2 Å². The van der Waals surface area contributed by atoms with E-state index in [-0.39, 0.29) is 23.8 Å². The highest BCUT2D eigenvalue weighted by atomic mass is 16.5. The molecule has 1 aromatic carbocycles. The minimum absolute atomic E-state index is 0.00516. The van der Waals surface area contributed by atoms with Crippen LogP contribution in [0.4, 0.5) is 0 Å². The van der Waals surface area contributed by atoms with E-state index in [1.54, 1.807) is 19.5 Å². The van der Waals surface area contributed by atoms with E-state index < -0.39 is 0 Å². The van der Waals surface area contributed by atoms with Crippen molar-refractivity contribution in [1.29, 1.82) is 0 Å². The van der Waals surface area contributed by atoms with Crippen molar-refractivity contribution in [3.05, 3.63) is 59.4 Å². The normalized spacial score (nSPS) is 16.4. The second-order valence-corrected chi connectivity index (χ2v) is 8.16. The lowest BCUT2D eigenvalue weighted by Crippen LogP contribution is -2.52. The van der Waals surface area contributed by atoms with E-state index in [2.05, 4.69) is 4.98 Å². The molecular formula is C24H31N3O3. The molecule has 1 aromatic heterocycles. The molecular weight excluding hydrogens is 378 g/mol. The van der Waals surface area contributed by atoms with E-state index in [9.17, 15) is 9.59 Å². The van der Waals surface area contributed by atoms with Gasteiger partial charge in [0.15, 0.2) is 0 Å². The maximum atomic E-state index is 13.3. The first-order valence-electron chi connectivity index (χ1n) is 10.5. The number of aromatic nitrogens is 1. The average molecular weight is 410 g/mol. The number of hydrogen-bond acceptors (Lipinski definition) is 4. The first-order chi connectivity index (χ1) is 14.4. The Morgan fingerprint density at radius 1 is 1.27 bits per heavy atom. The number of ether oxygens (including phenoxy) is 1. The molecule has 1 atom stereocenters. The first-order valence-corrected chi connectivity index (χ1v) is 10.5. The molecule has 0 bridgehead atoms. The summed E-state index contributed by atoms with van der Waals surface area (Å²) in [6.07, 6.45) is 5.29. The predicted octanol–water partition coefficient (Wildman–Crippen LogP) is 3.69. The standard InChI is InChI=1S/C24H31N3O3/c1-17(2)23(28)27(15-19-8-6-12-25-14-19)20-9-7-13-26(16-20)24(29)21-10-5-11-22(30-4)18(21)3/h5-6,8,10-12,14,17,20H,7,9,13,15-16H2,1-4H3. The van der Waals surface area contributed by atoms with Gasteiger partial charge in [0.2, 0.25) is 5.91 Å². The van der Waals surface area contributed by atoms with Crippen LogP contribution in [0.15, 0.2) is 42.7 Å². The molecule has 0 spiro atoms. The van der Waals surface area contributed by atoms with Gasteiger partial charge in [-0.25, -0.2) is 0 Å². The summed E-state index contributed by atoms with van der Waals surface area (Å²) in [5.74, 6) is 0.709. The molecule has 0 saturated carbocycles. The topological polar surface area (TPSA) is 62.7 Å². The van der Waals surface area contributed by atoms with Gasteiger partial charge < -0.3 is 14.5 Å². The van der Waals surface area contributed by atoms with Gasteiger partial charge in [0.1, 0.15) is 5.75 Å². The lowest BCUT2D eigenvalue weighted by atomic mass is 9.99. The molecule has 2 amide bonds. The molecule has 1 aliphatic rings. The molecule has 3 rings (SSSR count). The van der Waals surface area contributed by atoms with Gasteiger partial charge in [0.05, 0.1) is 7.11 Å². The van der Waals surface area contributed by atoms with Gasteiger partial charge in [-0.05, 0) is 43.5 Å². The zero-order chi connectivity index (χ0) is 21.7. The summed E-state index contributed by atoms with van der Waals surface area (Å²) in [4.78, 5) is 34.3. The fourth-order valence-electron chi connectivity index (χ4n) is 4.04. The van der Waals surface area contributed by atoms with E-state index in [0.717, 1.165) is 24.0 Å². The molecule has 0 aliphatic carbocycles. The van der Waals surface area contributed by atoms with Crippen molar-refractivity contribution in [2.75, 3.05) is 20.2 Å². The summed E-state index contributed by atoms with van der Waals surface area (Å²) in [5, 5.41) is 0. The Morgan fingerprint density at radius 3 is 2.73 bits per heavy atom. The zero-order valence-electron chi connectivity index (χ0n) is 18.3. The molecule has 6 heteroatoms. The van der Waals surface area contributed by atoms with Crippen LogP contribution in [0.1, 0.15) is 48.2 Å². The van der Waals surface area contributed by atoms with Crippen LogP contribution in [0.2, 0.25) is 0 Å². The number of methoxy groups -OCH3 is 1. The van der Waals surface area contributed by atoms with E-state index in [1.807, 2.05) is 60.9 Å². The zero-order valence-corrected chi connectivity index (χ0v) is 18.3. The van der Waals surface area contributed by atoms with Crippen LogP contribution >= 0.6 is 0 Å². The summed E-state index contributed by atoms with van der Waals surface area (Å²) in [6.45, 7) is 7.49. The first kappa shape index (κ1) is 21.8. The highest BCUT2D eigenvalue weighted by Crippen LogP contribution is 2.25. The molecule has 1 saturated heterocycles. The largest absolute Gasteiger partial charge is 0.496 e. The molecule has 0 radical (unpaired) electrons. The second-order valence-electron chi connectivity index (χ2n) is 8.16. The number of amides is 2. The van der Waals surface area contributed by atoms with Gasteiger partial charge in [-0.3, -0.25) is 14.6 Å². The fraction of sp³-hybridized carbons (Fsp3) is 0.458. The van der Waals surface area contributed by atoms with Gasteiger partial charge in [-0.15, -0.1) is 0 Å². The molecule has 1 aliphatic heterocycles. The molecule has 2 aromatic rings. The number of carbonyl (C=O) groups is 2. The molecule has 160 valence electrons. The smallest absolute Gasteiger partial charge is 0.254 e. The number of nitrogens with zero attached hydrogens (tertiary/aromatic N) is 3. The van der Waals surface area contributed by atoms with Crippen molar-refractivity contribution >= 4 is 11.8 Å². The average Bonchev–Trinajstić information content (AvgIpc) is 2.77. The quantitative estimate of drug-likeness (QED) is 0.730. The SMILES string of the molecule is COc1cccc(C(=O)N2CCCC(N(Cc3cccnc3)C(=O)C(C)C)C2)c1C. The van der Waals surface area contributed by atoms with Gasteiger partial charge >= 0.3 is 0 Å². The fourth-order valence-corrected chi connectivity index (χ4v) is 4.04. The minimum Gasteiger partial charge on any atom is -0.496 e. The second kappa shape index (κ2) is 9.74. The van der Waals surface area contributed by atoms with Crippen molar-refractivity contribution < 1.29 is 14.3 Å². The van der Waals surface area contributed by atoms with Gasteiger partial charge in [0.25, 0.3) is 5.91 Å². The number of benzene rings is 1. The minimum atomic E-state index is -0.103. The molecule has 1 unspecified atom stereocenters. The van der Waals surface area contributed by atoms with Crippen LogP contribution in [-0.2, 0) is 11.3 Å². The van der Waals surface area contributed by atoms with Gasteiger partial charge in [-0.2, -0.15) is 0 Å². The third-order valence-corrected chi connectivity index (χ3v) is 5.71.